The largest absolute Gasteiger partial charge is 0.396 e. The summed E-state index contributed by atoms with van der Waals surface area (Å²) in [5.74, 6) is 6.32. The van der Waals surface area contributed by atoms with Crippen molar-refractivity contribution in [3.05, 3.63) is 0 Å². The van der Waals surface area contributed by atoms with Crippen LogP contribution in [0.4, 0.5) is 0 Å². The molecule has 3 nitrogen and oxygen atoms in total. The molecule has 1 atom stereocenters. The standard InChI is InChI=1S/C9H20N2O/c10-11-6-9(7-12)8-4-2-1-3-5-8/h8-9,11-12H,1-7,10H2. The third-order valence-electron chi connectivity index (χ3n) is 2.93. The van der Waals surface area contributed by atoms with E-state index in [-0.39, 0.29) is 6.61 Å². The van der Waals surface area contributed by atoms with Gasteiger partial charge in [0.05, 0.1) is 0 Å². The van der Waals surface area contributed by atoms with Gasteiger partial charge in [-0.3, -0.25) is 11.3 Å². The van der Waals surface area contributed by atoms with Crippen molar-refractivity contribution < 1.29 is 5.11 Å². The van der Waals surface area contributed by atoms with Crippen molar-refractivity contribution in [3.63, 3.8) is 0 Å². The van der Waals surface area contributed by atoms with Gasteiger partial charge in [-0.25, -0.2) is 0 Å². The van der Waals surface area contributed by atoms with Crippen molar-refractivity contribution in [1.82, 2.24) is 5.43 Å². The zero-order valence-electron chi connectivity index (χ0n) is 7.63. The smallest absolute Gasteiger partial charge is 0.0474 e. The van der Waals surface area contributed by atoms with E-state index in [1.54, 1.807) is 0 Å². The second-order valence-corrected chi connectivity index (χ2v) is 3.75. The summed E-state index contributed by atoms with van der Waals surface area (Å²) in [6.45, 7) is 1.02. The van der Waals surface area contributed by atoms with Gasteiger partial charge in [0, 0.05) is 13.2 Å². The van der Waals surface area contributed by atoms with E-state index in [1.807, 2.05) is 0 Å². The molecule has 1 aliphatic carbocycles. The molecule has 0 aromatic heterocycles. The number of hydrazine groups is 1. The van der Waals surface area contributed by atoms with Crippen LogP contribution >= 0.6 is 0 Å². The Morgan fingerprint density at radius 2 is 2.00 bits per heavy atom. The fraction of sp³-hybridized carbons (Fsp3) is 1.00. The molecule has 0 radical (unpaired) electrons. The van der Waals surface area contributed by atoms with Crippen molar-refractivity contribution in [2.24, 2.45) is 17.7 Å². The summed E-state index contributed by atoms with van der Waals surface area (Å²) < 4.78 is 0. The van der Waals surface area contributed by atoms with Gasteiger partial charge in [-0.1, -0.05) is 32.1 Å². The molecule has 0 heterocycles. The van der Waals surface area contributed by atoms with Gasteiger partial charge in [0.25, 0.3) is 0 Å². The fourth-order valence-electron chi connectivity index (χ4n) is 2.14. The molecule has 0 amide bonds. The first-order valence-electron chi connectivity index (χ1n) is 4.92. The molecule has 1 rings (SSSR count). The van der Waals surface area contributed by atoms with Crippen molar-refractivity contribution in [3.8, 4) is 0 Å². The topological polar surface area (TPSA) is 58.3 Å². The number of aliphatic hydroxyl groups excluding tert-OH is 1. The Hall–Kier alpha value is -0.120. The number of hydrogen-bond donors (Lipinski definition) is 3. The van der Waals surface area contributed by atoms with E-state index < -0.39 is 0 Å². The van der Waals surface area contributed by atoms with Gasteiger partial charge < -0.3 is 5.11 Å². The van der Waals surface area contributed by atoms with Crippen LogP contribution in [0.5, 0.6) is 0 Å². The van der Waals surface area contributed by atoms with Gasteiger partial charge in [0.2, 0.25) is 0 Å². The van der Waals surface area contributed by atoms with E-state index in [1.165, 1.54) is 32.1 Å². The Bertz CT molecular complexity index is 110. The van der Waals surface area contributed by atoms with Gasteiger partial charge in [-0.15, -0.1) is 0 Å². The van der Waals surface area contributed by atoms with Crippen LogP contribution in [0.2, 0.25) is 0 Å². The van der Waals surface area contributed by atoms with Gasteiger partial charge in [0.1, 0.15) is 0 Å². The summed E-state index contributed by atoms with van der Waals surface area (Å²) >= 11 is 0. The van der Waals surface area contributed by atoms with Gasteiger partial charge >= 0.3 is 0 Å². The lowest BCUT2D eigenvalue weighted by Gasteiger charge is -2.28. The molecule has 0 bridgehead atoms. The Balaban J connectivity index is 2.29. The summed E-state index contributed by atoms with van der Waals surface area (Å²) in [5.41, 5.74) is 2.66. The molecule has 1 unspecified atom stereocenters. The second-order valence-electron chi connectivity index (χ2n) is 3.75. The molecule has 4 N–H and O–H groups in total. The van der Waals surface area contributed by atoms with Gasteiger partial charge in [-0.2, -0.15) is 0 Å². The molecule has 3 heteroatoms. The number of nitrogens with one attached hydrogen (secondary N) is 1. The molecule has 72 valence electrons. The van der Waals surface area contributed by atoms with E-state index in [0.717, 1.165) is 6.54 Å². The number of nitrogens with two attached hydrogens (primary N) is 1. The summed E-state index contributed by atoms with van der Waals surface area (Å²) in [4.78, 5) is 0. The lowest BCUT2D eigenvalue weighted by Crippen LogP contribution is -2.35. The molecule has 12 heavy (non-hydrogen) atoms. The third-order valence-corrected chi connectivity index (χ3v) is 2.93. The Labute approximate surface area is 74.3 Å². The van der Waals surface area contributed by atoms with E-state index in [0.29, 0.717) is 11.8 Å². The molecule has 0 aromatic rings. The highest BCUT2D eigenvalue weighted by molar-refractivity contribution is 4.74. The maximum Gasteiger partial charge on any atom is 0.0474 e. The normalized spacial score (nSPS) is 22.5. The third kappa shape index (κ3) is 2.73. The highest BCUT2D eigenvalue weighted by atomic mass is 16.3. The highest BCUT2D eigenvalue weighted by Gasteiger charge is 2.22. The Morgan fingerprint density at radius 3 is 2.50 bits per heavy atom. The molecule has 1 saturated carbocycles. The van der Waals surface area contributed by atoms with Crippen LogP contribution in [0.25, 0.3) is 0 Å². The second kappa shape index (κ2) is 5.51. The minimum absolute atomic E-state index is 0.273. The Morgan fingerprint density at radius 1 is 1.33 bits per heavy atom. The van der Waals surface area contributed by atoms with Crippen LogP contribution in [0, 0.1) is 11.8 Å². The minimum atomic E-state index is 0.273. The molecule has 0 aliphatic heterocycles. The van der Waals surface area contributed by atoms with E-state index >= 15 is 0 Å². The summed E-state index contributed by atoms with van der Waals surface area (Å²) in [5, 5.41) is 9.11. The van der Waals surface area contributed by atoms with Crippen LogP contribution in [0.1, 0.15) is 32.1 Å². The fourth-order valence-corrected chi connectivity index (χ4v) is 2.14. The van der Waals surface area contributed by atoms with Crippen LogP contribution in [0.15, 0.2) is 0 Å². The SMILES string of the molecule is NNCC(CO)C1CCCCC1. The van der Waals surface area contributed by atoms with E-state index in [4.69, 9.17) is 10.9 Å². The number of aliphatic hydroxyl groups is 1. The molecular weight excluding hydrogens is 152 g/mol. The number of rotatable bonds is 4. The van der Waals surface area contributed by atoms with E-state index in [9.17, 15) is 0 Å². The molecular formula is C9H20N2O. The summed E-state index contributed by atoms with van der Waals surface area (Å²) in [6.07, 6.45) is 6.56. The minimum Gasteiger partial charge on any atom is -0.396 e. The van der Waals surface area contributed by atoms with Crippen molar-refractivity contribution in [2.45, 2.75) is 32.1 Å². The first kappa shape index (κ1) is 9.96. The maximum absolute atomic E-state index is 9.11. The predicted molar refractivity (Wildman–Crippen MR) is 49.3 cm³/mol. The molecule has 0 saturated heterocycles. The van der Waals surface area contributed by atoms with Crippen LogP contribution in [0.3, 0.4) is 0 Å². The van der Waals surface area contributed by atoms with Gasteiger partial charge in [-0.05, 0) is 11.8 Å². The molecule has 1 fully saturated rings. The van der Waals surface area contributed by atoms with E-state index in [2.05, 4.69) is 5.43 Å². The average molecular weight is 172 g/mol. The summed E-state index contributed by atoms with van der Waals surface area (Å²) in [6, 6.07) is 0. The first-order valence-corrected chi connectivity index (χ1v) is 4.92. The highest BCUT2D eigenvalue weighted by Crippen LogP contribution is 2.29. The number of hydrogen-bond acceptors (Lipinski definition) is 3. The average Bonchev–Trinajstić information content (AvgIpc) is 2.15. The van der Waals surface area contributed by atoms with Crippen molar-refractivity contribution >= 4 is 0 Å². The monoisotopic (exact) mass is 172 g/mol. The van der Waals surface area contributed by atoms with Crippen LogP contribution < -0.4 is 11.3 Å². The summed E-state index contributed by atoms with van der Waals surface area (Å²) in [7, 11) is 0. The Kier molecular flexibility index (Phi) is 4.58. The van der Waals surface area contributed by atoms with Crippen molar-refractivity contribution in [2.75, 3.05) is 13.2 Å². The maximum atomic E-state index is 9.11. The molecule has 0 spiro atoms. The quantitative estimate of drug-likeness (QED) is 0.431. The van der Waals surface area contributed by atoms with Crippen molar-refractivity contribution in [1.29, 1.82) is 0 Å². The lowest BCUT2D eigenvalue weighted by molar-refractivity contribution is 0.145. The van der Waals surface area contributed by atoms with Crippen LogP contribution in [-0.2, 0) is 0 Å². The zero-order valence-corrected chi connectivity index (χ0v) is 7.63. The molecule has 1 aliphatic rings. The van der Waals surface area contributed by atoms with Crippen LogP contribution in [-0.4, -0.2) is 18.3 Å². The predicted octanol–water partition coefficient (Wildman–Crippen LogP) is 0.638. The van der Waals surface area contributed by atoms with Gasteiger partial charge in [0.15, 0.2) is 0 Å². The molecule has 0 aromatic carbocycles. The first-order chi connectivity index (χ1) is 5.88. The lowest BCUT2D eigenvalue weighted by atomic mass is 9.80. The zero-order chi connectivity index (χ0) is 8.81.